The summed E-state index contributed by atoms with van der Waals surface area (Å²) in [7, 11) is 0. The van der Waals surface area contributed by atoms with E-state index in [1.54, 1.807) is 0 Å². The second-order valence-electron chi connectivity index (χ2n) is 21.8. The molecule has 3 saturated heterocycles. The minimum absolute atomic E-state index is 0.0132. The average Bonchev–Trinajstić information content (AvgIpc) is 3.61. The first-order valence-electron chi connectivity index (χ1n) is 23.4. The number of aliphatic hydroxyl groups excluding tert-OH is 10. The lowest BCUT2D eigenvalue weighted by Gasteiger charge is -2.70. The molecular formula is C47H78O16. The van der Waals surface area contributed by atoms with E-state index in [4.69, 9.17) is 28.4 Å². The minimum Gasteiger partial charge on any atom is -0.394 e. The van der Waals surface area contributed by atoms with E-state index in [1.807, 2.05) is 0 Å². The average molecular weight is 899 g/mol. The van der Waals surface area contributed by atoms with Crippen molar-refractivity contribution in [3.63, 3.8) is 0 Å². The fourth-order valence-corrected chi connectivity index (χ4v) is 14.2. The van der Waals surface area contributed by atoms with Crippen molar-refractivity contribution < 1.29 is 79.5 Å². The first-order valence-corrected chi connectivity index (χ1v) is 23.4. The molecule has 4 saturated carbocycles. The Morgan fingerprint density at radius 3 is 1.81 bits per heavy atom. The highest BCUT2D eigenvalue weighted by molar-refractivity contribution is 5.22. The van der Waals surface area contributed by atoms with Crippen LogP contribution in [0.4, 0.5) is 0 Å². The molecule has 7 aliphatic rings. The zero-order valence-electron chi connectivity index (χ0n) is 38.2. The third kappa shape index (κ3) is 8.56. The van der Waals surface area contributed by atoms with Crippen LogP contribution in [0, 0.1) is 45.3 Å². The number of allylic oxidation sites excluding steroid dienone is 3. The molecule has 10 N–H and O–H groups in total. The Hall–Kier alpha value is -1.16. The van der Waals surface area contributed by atoms with Gasteiger partial charge in [-0.25, -0.2) is 0 Å². The van der Waals surface area contributed by atoms with Gasteiger partial charge in [-0.3, -0.25) is 0 Å². The molecule has 0 radical (unpaired) electrons. The molecule has 0 aromatic carbocycles. The van der Waals surface area contributed by atoms with Crippen molar-refractivity contribution in [2.24, 2.45) is 45.3 Å². The normalized spacial score (nSPS) is 52.0. The molecule has 3 aliphatic heterocycles. The van der Waals surface area contributed by atoms with Gasteiger partial charge in [0.2, 0.25) is 0 Å². The molecule has 16 heteroatoms. The highest BCUT2D eigenvalue weighted by Gasteiger charge is 2.71. The molecule has 23 atom stereocenters. The van der Waals surface area contributed by atoms with Gasteiger partial charge in [0.15, 0.2) is 18.9 Å². The molecule has 0 amide bonds. The maximum Gasteiger partial charge on any atom is 0.187 e. The third-order valence-corrected chi connectivity index (χ3v) is 17.9. The Kier molecular flexibility index (Phi) is 14.8. The molecule has 16 nitrogen and oxygen atoms in total. The second kappa shape index (κ2) is 18.7. The summed E-state index contributed by atoms with van der Waals surface area (Å²) in [6.07, 6.45) is -13.0. The fourth-order valence-electron chi connectivity index (χ4n) is 14.2. The van der Waals surface area contributed by atoms with Gasteiger partial charge >= 0.3 is 0 Å². The molecule has 7 rings (SSSR count). The Bertz CT molecular complexity index is 1620. The molecule has 23 unspecified atom stereocenters. The lowest BCUT2D eigenvalue weighted by Crippen LogP contribution is -2.68. The van der Waals surface area contributed by atoms with Crippen molar-refractivity contribution in [3.05, 3.63) is 23.8 Å². The summed E-state index contributed by atoms with van der Waals surface area (Å²) >= 11 is 0. The Balaban J connectivity index is 1.11. The van der Waals surface area contributed by atoms with Gasteiger partial charge in [-0.05, 0) is 117 Å². The number of hydrogen-bond donors (Lipinski definition) is 10. The number of ether oxygens (including phenoxy) is 6. The molecule has 0 spiro atoms. The van der Waals surface area contributed by atoms with Crippen molar-refractivity contribution in [1.82, 2.24) is 0 Å². The van der Waals surface area contributed by atoms with E-state index in [9.17, 15) is 51.1 Å². The molecule has 0 bridgehead atoms. The first kappa shape index (κ1) is 49.7. The minimum atomic E-state index is -1.82. The number of fused-ring (bicyclic) bond motifs is 5. The molecule has 0 aromatic heterocycles. The van der Waals surface area contributed by atoms with Crippen LogP contribution in [0.1, 0.15) is 106 Å². The third-order valence-electron chi connectivity index (χ3n) is 17.9. The zero-order chi connectivity index (χ0) is 46.1. The van der Waals surface area contributed by atoms with E-state index in [0.717, 1.165) is 51.4 Å². The Morgan fingerprint density at radius 1 is 0.651 bits per heavy atom. The van der Waals surface area contributed by atoms with Crippen LogP contribution in [0.5, 0.6) is 0 Å². The first-order chi connectivity index (χ1) is 29.5. The summed E-state index contributed by atoms with van der Waals surface area (Å²) in [5.41, 5.74) is 1.85. The van der Waals surface area contributed by atoms with Crippen LogP contribution in [0.3, 0.4) is 0 Å². The molecule has 0 aromatic rings. The van der Waals surface area contributed by atoms with Gasteiger partial charge in [0.05, 0.1) is 32.0 Å². The lowest BCUT2D eigenvalue weighted by atomic mass is 9.35. The lowest BCUT2D eigenvalue weighted by molar-refractivity contribution is -0.395. The van der Waals surface area contributed by atoms with Crippen LogP contribution in [0.25, 0.3) is 0 Å². The topological polar surface area (TPSA) is 258 Å². The largest absolute Gasteiger partial charge is 0.394 e. The van der Waals surface area contributed by atoms with Gasteiger partial charge in [-0.1, -0.05) is 58.4 Å². The van der Waals surface area contributed by atoms with Crippen LogP contribution in [0.2, 0.25) is 0 Å². The number of rotatable bonds is 12. The summed E-state index contributed by atoms with van der Waals surface area (Å²) in [6.45, 7) is 18.7. The Morgan fingerprint density at radius 2 is 1.22 bits per heavy atom. The highest BCUT2D eigenvalue weighted by Crippen LogP contribution is 2.75. The second-order valence-corrected chi connectivity index (χ2v) is 21.8. The van der Waals surface area contributed by atoms with E-state index in [2.05, 4.69) is 61.1 Å². The van der Waals surface area contributed by atoms with Gasteiger partial charge in [0.25, 0.3) is 0 Å². The Labute approximate surface area is 372 Å². The SMILES string of the molecule is C=C(CCC=C(C)C)C1CCC2(C)C1C(O)CC1C3(C)CCC(OC4OC(CO)C(O)C(O)C4OC4OC(CO)C(O)C(O)C4OC4OCC(O)C(O)C4O)C(C)(C)C3CCC12C. The van der Waals surface area contributed by atoms with Gasteiger partial charge in [0.1, 0.15) is 67.1 Å². The highest BCUT2D eigenvalue weighted by atomic mass is 16.8. The molecule has 4 aliphatic carbocycles. The summed E-state index contributed by atoms with van der Waals surface area (Å²) in [5, 5.41) is 108. The van der Waals surface area contributed by atoms with E-state index in [0.29, 0.717) is 12.3 Å². The number of hydrogen-bond acceptors (Lipinski definition) is 16. The van der Waals surface area contributed by atoms with Crippen molar-refractivity contribution in [1.29, 1.82) is 0 Å². The van der Waals surface area contributed by atoms with E-state index >= 15 is 0 Å². The maximum atomic E-state index is 12.2. The van der Waals surface area contributed by atoms with Gasteiger partial charge < -0.3 is 79.5 Å². The smallest absolute Gasteiger partial charge is 0.187 e. The van der Waals surface area contributed by atoms with Crippen LogP contribution in [-0.4, -0.2) is 169 Å². The molecule has 362 valence electrons. The van der Waals surface area contributed by atoms with Crippen molar-refractivity contribution in [2.45, 2.75) is 204 Å². The summed E-state index contributed by atoms with van der Waals surface area (Å²) in [6, 6.07) is 0. The van der Waals surface area contributed by atoms with Gasteiger partial charge in [-0.15, -0.1) is 0 Å². The molecule has 63 heavy (non-hydrogen) atoms. The van der Waals surface area contributed by atoms with Crippen molar-refractivity contribution in [3.8, 4) is 0 Å². The maximum absolute atomic E-state index is 12.2. The standard InChI is InChI=1S/C47H78O16/c1-22(2)10-9-11-23(3)24-12-16-47(8)32(24)25(50)18-30-45(6)15-14-31(44(4,5)29(45)13-17-46(30,47)7)61-42-39(36(55)34(53)27(19-48)59-42)63-43-40(37(56)35(54)28(20-49)60-43)62-41-38(57)33(52)26(51)21-58-41/h10,24-43,48-57H,3,9,11-21H2,1-2,4-8H3. The van der Waals surface area contributed by atoms with Crippen LogP contribution >= 0.6 is 0 Å². The summed E-state index contributed by atoms with van der Waals surface area (Å²) in [4.78, 5) is 0. The van der Waals surface area contributed by atoms with E-state index in [1.165, 1.54) is 11.1 Å². The molecule has 7 fully saturated rings. The summed E-state index contributed by atoms with van der Waals surface area (Å²) < 4.78 is 36.4. The zero-order valence-corrected chi connectivity index (χ0v) is 38.2. The van der Waals surface area contributed by atoms with Gasteiger partial charge in [0, 0.05) is 0 Å². The predicted octanol–water partition coefficient (Wildman–Crippen LogP) is 1.42. The van der Waals surface area contributed by atoms with Crippen LogP contribution < -0.4 is 0 Å². The summed E-state index contributed by atoms with van der Waals surface area (Å²) in [5.74, 6) is 0.852. The van der Waals surface area contributed by atoms with Gasteiger partial charge in [-0.2, -0.15) is 0 Å². The number of aliphatic hydroxyl groups is 10. The monoisotopic (exact) mass is 899 g/mol. The molecule has 3 heterocycles. The fraction of sp³-hybridized carbons (Fsp3) is 0.915. The van der Waals surface area contributed by atoms with E-state index < -0.39 is 123 Å². The van der Waals surface area contributed by atoms with Crippen LogP contribution in [-0.2, 0) is 28.4 Å². The van der Waals surface area contributed by atoms with E-state index in [-0.39, 0.29) is 34.0 Å². The molecular weight excluding hydrogens is 821 g/mol. The van der Waals surface area contributed by atoms with Crippen LogP contribution in [0.15, 0.2) is 23.8 Å². The van der Waals surface area contributed by atoms with Crippen molar-refractivity contribution in [2.75, 3.05) is 19.8 Å². The quantitative estimate of drug-likeness (QED) is 0.0982. The predicted molar refractivity (Wildman–Crippen MR) is 226 cm³/mol. The van der Waals surface area contributed by atoms with Crippen molar-refractivity contribution >= 4 is 0 Å².